The molecule has 0 spiro atoms. The number of aromatic nitrogens is 2. The normalized spacial score (nSPS) is 9.62. The van der Waals surface area contributed by atoms with Crippen molar-refractivity contribution in [3.05, 3.63) is 18.1 Å². The fraction of sp³-hybridized carbons (Fsp3) is 0.375. The topological polar surface area (TPSA) is 75.1 Å². The molecule has 0 saturated heterocycles. The number of nitrogens with one attached hydrogen (secondary N) is 1. The van der Waals surface area contributed by atoms with Gasteiger partial charge in [-0.3, -0.25) is 4.79 Å². The maximum Gasteiger partial charge on any atom is 0.322 e. The molecule has 2 N–H and O–H groups in total. The third-order valence-electron chi connectivity index (χ3n) is 1.44. The Bertz CT molecular complexity index is 301. The fourth-order valence-corrected chi connectivity index (χ4v) is 0.834. The van der Waals surface area contributed by atoms with E-state index in [1.807, 2.05) is 6.92 Å². The molecule has 0 aliphatic rings. The summed E-state index contributed by atoms with van der Waals surface area (Å²) in [5.74, 6) is 0.348. The van der Waals surface area contributed by atoms with Crippen molar-refractivity contribution in [2.45, 2.75) is 13.3 Å². The number of carboxylic acid groups (broad SMARTS) is 1. The van der Waals surface area contributed by atoms with Crippen LogP contribution in [0.3, 0.4) is 0 Å². The standard InChI is InChI=1S/C8H11N3O2/c1-2-6-9-4-3-7(11-6)10-5-8(12)13/h3-4H,2,5H2,1H3,(H,12,13)(H,9,10,11). The summed E-state index contributed by atoms with van der Waals surface area (Å²) in [7, 11) is 0. The van der Waals surface area contributed by atoms with Gasteiger partial charge in [0.05, 0.1) is 0 Å². The van der Waals surface area contributed by atoms with Crippen molar-refractivity contribution >= 4 is 11.8 Å². The van der Waals surface area contributed by atoms with Crippen molar-refractivity contribution in [1.82, 2.24) is 9.97 Å². The minimum atomic E-state index is -0.906. The zero-order valence-corrected chi connectivity index (χ0v) is 7.32. The lowest BCUT2D eigenvalue weighted by atomic mass is 10.4. The van der Waals surface area contributed by atoms with Crippen LogP contribution >= 0.6 is 0 Å². The zero-order valence-electron chi connectivity index (χ0n) is 7.32. The Kier molecular flexibility index (Phi) is 3.19. The maximum atomic E-state index is 10.2. The average molecular weight is 181 g/mol. The first-order valence-corrected chi connectivity index (χ1v) is 4.00. The molecule has 1 heterocycles. The SMILES string of the molecule is CCc1nccc(NCC(=O)O)n1. The minimum absolute atomic E-state index is 0.125. The number of anilines is 1. The number of carbonyl (C=O) groups is 1. The molecule has 0 bridgehead atoms. The second-order valence-electron chi connectivity index (χ2n) is 2.46. The minimum Gasteiger partial charge on any atom is -0.480 e. The first-order valence-electron chi connectivity index (χ1n) is 4.00. The van der Waals surface area contributed by atoms with Crippen molar-refractivity contribution < 1.29 is 9.90 Å². The largest absolute Gasteiger partial charge is 0.480 e. The van der Waals surface area contributed by atoms with Crippen molar-refractivity contribution in [2.75, 3.05) is 11.9 Å². The predicted octanol–water partition coefficient (Wildman–Crippen LogP) is 0.535. The molecule has 1 aromatic rings. The van der Waals surface area contributed by atoms with Gasteiger partial charge in [0, 0.05) is 12.6 Å². The van der Waals surface area contributed by atoms with Gasteiger partial charge in [0.2, 0.25) is 0 Å². The first-order chi connectivity index (χ1) is 6.22. The predicted molar refractivity (Wildman–Crippen MR) is 47.5 cm³/mol. The van der Waals surface area contributed by atoms with Gasteiger partial charge in [-0.2, -0.15) is 0 Å². The average Bonchev–Trinajstić information content (AvgIpc) is 2.15. The molecule has 1 rings (SSSR count). The van der Waals surface area contributed by atoms with Gasteiger partial charge in [-0.1, -0.05) is 6.92 Å². The first kappa shape index (κ1) is 9.44. The molecular weight excluding hydrogens is 170 g/mol. The van der Waals surface area contributed by atoms with Gasteiger partial charge in [0.15, 0.2) is 0 Å². The van der Waals surface area contributed by atoms with E-state index in [0.717, 1.165) is 6.42 Å². The molecule has 0 aliphatic heterocycles. The highest BCUT2D eigenvalue weighted by Crippen LogP contribution is 2.01. The molecule has 70 valence electrons. The molecule has 0 aliphatic carbocycles. The second kappa shape index (κ2) is 4.39. The Hall–Kier alpha value is -1.65. The number of carboxylic acids is 1. The van der Waals surface area contributed by atoms with Gasteiger partial charge in [0.25, 0.3) is 0 Å². The van der Waals surface area contributed by atoms with E-state index in [4.69, 9.17) is 5.11 Å². The molecule has 0 atom stereocenters. The van der Waals surface area contributed by atoms with Crippen LogP contribution in [0.1, 0.15) is 12.7 Å². The van der Waals surface area contributed by atoms with Crippen LogP contribution < -0.4 is 5.32 Å². The van der Waals surface area contributed by atoms with E-state index >= 15 is 0 Å². The van der Waals surface area contributed by atoms with Crippen LogP contribution in [0.4, 0.5) is 5.82 Å². The van der Waals surface area contributed by atoms with Crippen LogP contribution in [0, 0.1) is 0 Å². The molecule has 5 heteroatoms. The summed E-state index contributed by atoms with van der Waals surface area (Å²) in [4.78, 5) is 18.3. The Morgan fingerprint density at radius 3 is 3.08 bits per heavy atom. The maximum absolute atomic E-state index is 10.2. The molecule has 0 radical (unpaired) electrons. The van der Waals surface area contributed by atoms with Crippen LogP contribution in [0.5, 0.6) is 0 Å². The van der Waals surface area contributed by atoms with Crippen molar-refractivity contribution in [2.24, 2.45) is 0 Å². The highest BCUT2D eigenvalue weighted by atomic mass is 16.4. The van der Waals surface area contributed by atoms with Gasteiger partial charge < -0.3 is 10.4 Å². The Morgan fingerprint density at radius 1 is 1.69 bits per heavy atom. The van der Waals surface area contributed by atoms with E-state index < -0.39 is 5.97 Å². The van der Waals surface area contributed by atoms with E-state index in [9.17, 15) is 4.79 Å². The van der Waals surface area contributed by atoms with Crippen LogP contribution in [-0.4, -0.2) is 27.6 Å². The summed E-state index contributed by atoms with van der Waals surface area (Å²) in [6.45, 7) is 1.82. The third-order valence-corrected chi connectivity index (χ3v) is 1.44. The highest BCUT2D eigenvalue weighted by molar-refractivity contribution is 5.72. The molecule has 0 fully saturated rings. The van der Waals surface area contributed by atoms with Gasteiger partial charge in [0.1, 0.15) is 18.2 Å². The monoisotopic (exact) mass is 181 g/mol. The smallest absolute Gasteiger partial charge is 0.322 e. The van der Waals surface area contributed by atoms with E-state index in [-0.39, 0.29) is 6.54 Å². The molecule has 0 amide bonds. The summed E-state index contributed by atoms with van der Waals surface area (Å²) < 4.78 is 0. The van der Waals surface area contributed by atoms with Gasteiger partial charge >= 0.3 is 5.97 Å². The molecule has 0 saturated carbocycles. The van der Waals surface area contributed by atoms with Gasteiger partial charge in [-0.25, -0.2) is 9.97 Å². The summed E-state index contributed by atoms with van der Waals surface area (Å²) in [6.07, 6.45) is 2.35. The lowest BCUT2D eigenvalue weighted by Crippen LogP contribution is -2.13. The lowest BCUT2D eigenvalue weighted by molar-refractivity contribution is -0.134. The lowest BCUT2D eigenvalue weighted by Gasteiger charge is -2.02. The summed E-state index contributed by atoms with van der Waals surface area (Å²) in [5, 5.41) is 11.1. The summed E-state index contributed by atoms with van der Waals surface area (Å²) in [5.41, 5.74) is 0. The molecule has 0 aromatic carbocycles. The van der Waals surface area contributed by atoms with Crippen LogP contribution in [0.2, 0.25) is 0 Å². The van der Waals surface area contributed by atoms with E-state index in [1.54, 1.807) is 12.3 Å². The van der Waals surface area contributed by atoms with Crippen molar-refractivity contribution in [1.29, 1.82) is 0 Å². The van der Waals surface area contributed by atoms with E-state index in [0.29, 0.717) is 11.6 Å². The molecule has 0 unspecified atom stereocenters. The molecule has 13 heavy (non-hydrogen) atoms. The van der Waals surface area contributed by atoms with E-state index in [2.05, 4.69) is 15.3 Å². The Balaban J connectivity index is 2.61. The van der Waals surface area contributed by atoms with Crippen LogP contribution in [-0.2, 0) is 11.2 Å². The quantitative estimate of drug-likeness (QED) is 0.708. The van der Waals surface area contributed by atoms with Gasteiger partial charge in [-0.05, 0) is 6.07 Å². The highest BCUT2D eigenvalue weighted by Gasteiger charge is 1.99. The molecule has 5 nitrogen and oxygen atoms in total. The van der Waals surface area contributed by atoms with Gasteiger partial charge in [-0.15, -0.1) is 0 Å². The molecule has 1 aromatic heterocycles. The summed E-state index contributed by atoms with van der Waals surface area (Å²) >= 11 is 0. The Morgan fingerprint density at radius 2 is 2.46 bits per heavy atom. The molecular formula is C8H11N3O2. The number of nitrogens with zero attached hydrogens (tertiary/aromatic N) is 2. The van der Waals surface area contributed by atoms with Crippen molar-refractivity contribution in [3.63, 3.8) is 0 Å². The third kappa shape index (κ3) is 3.06. The summed E-state index contributed by atoms with van der Waals surface area (Å²) in [6, 6.07) is 1.64. The Labute approximate surface area is 75.8 Å². The number of rotatable bonds is 4. The number of aryl methyl sites for hydroxylation is 1. The van der Waals surface area contributed by atoms with Crippen LogP contribution in [0.25, 0.3) is 0 Å². The number of aliphatic carboxylic acids is 1. The number of hydrogen-bond acceptors (Lipinski definition) is 4. The van der Waals surface area contributed by atoms with E-state index in [1.165, 1.54) is 0 Å². The van der Waals surface area contributed by atoms with Crippen molar-refractivity contribution in [3.8, 4) is 0 Å². The zero-order chi connectivity index (χ0) is 9.68. The number of hydrogen-bond donors (Lipinski definition) is 2. The van der Waals surface area contributed by atoms with Crippen LogP contribution in [0.15, 0.2) is 12.3 Å². The fourth-order valence-electron chi connectivity index (χ4n) is 0.834. The second-order valence-corrected chi connectivity index (χ2v) is 2.46.